The molecule has 0 amide bonds. The first-order valence-corrected chi connectivity index (χ1v) is 11.9. The van der Waals surface area contributed by atoms with Gasteiger partial charge in [0, 0.05) is 55.9 Å². The number of amidine groups is 1. The highest BCUT2D eigenvalue weighted by Gasteiger charge is 2.25. The summed E-state index contributed by atoms with van der Waals surface area (Å²) in [5.74, 6) is -1.04. The highest BCUT2D eigenvalue weighted by molar-refractivity contribution is 6.04. The van der Waals surface area contributed by atoms with Gasteiger partial charge >= 0.3 is 0 Å². The monoisotopic (exact) mass is 483 g/mol. The van der Waals surface area contributed by atoms with Gasteiger partial charge in [-0.3, -0.25) is 0 Å². The predicted octanol–water partition coefficient (Wildman–Crippen LogP) is 3.35. The van der Waals surface area contributed by atoms with Gasteiger partial charge in [0.05, 0.1) is 35.3 Å². The zero-order valence-electron chi connectivity index (χ0n) is 20.2. The van der Waals surface area contributed by atoms with Gasteiger partial charge in [0.25, 0.3) is 0 Å². The van der Waals surface area contributed by atoms with Crippen LogP contribution >= 0.6 is 0 Å². The molecule has 3 atom stereocenters. The molecule has 35 heavy (non-hydrogen) atoms. The van der Waals surface area contributed by atoms with Crippen molar-refractivity contribution < 1.29 is 13.5 Å². The van der Waals surface area contributed by atoms with Crippen molar-refractivity contribution in [2.45, 2.75) is 45.3 Å². The van der Waals surface area contributed by atoms with E-state index in [4.69, 9.17) is 10.5 Å². The molecule has 2 saturated heterocycles. The van der Waals surface area contributed by atoms with Gasteiger partial charge in [-0.15, -0.1) is 0 Å². The van der Waals surface area contributed by atoms with Crippen LogP contribution in [0.4, 0.5) is 25.8 Å². The third kappa shape index (κ3) is 4.94. The molecule has 1 aromatic carbocycles. The zero-order chi connectivity index (χ0) is 24.7. The maximum Gasteiger partial charge on any atom is 0.173 e. The standard InChI is InChI=1S/C25H31F2N7O/c1-14-9-33(10-15(2)29-14)19-7-20(26)23(22(8-19)31-17-4-5-35-13-17)24(28)32-18-6-21(27)25-30-16(3)11-34(25)12-18/h6-8,11-12,14-15,17,29,31H,4-5,9-10,13H2,1-3H3,(H2,28,32). The Bertz CT molecular complexity index is 1260. The normalized spacial score (nSPS) is 23.3. The number of anilines is 2. The van der Waals surface area contributed by atoms with E-state index < -0.39 is 11.6 Å². The fourth-order valence-corrected chi connectivity index (χ4v) is 4.98. The Hall–Kier alpha value is -3.24. The summed E-state index contributed by atoms with van der Waals surface area (Å²) < 4.78 is 37.3. The van der Waals surface area contributed by atoms with Crippen LogP contribution in [0.25, 0.3) is 5.65 Å². The summed E-state index contributed by atoms with van der Waals surface area (Å²) in [6, 6.07) is 5.28. The van der Waals surface area contributed by atoms with Crippen molar-refractivity contribution in [1.82, 2.24) is 14.7 Å². The molecule has 2 aromatic heterocycles. The molecule has 0 aliphatic carbocycles. The molecule has 8 nitrogen and oxygen atoms in total. The number of nitrogens with two attached hydrogens (primary N) is 1. The highest BCUT2D eigenvalue weighted by atomic mass is 19.1. The first-order valence-electron chi connectivity index (χ1n) is 11.9. The summed E-state index contributed by atoms with van der Waals surface area (Å²) in [4.78, 5) is 10.7. The van der Waals surface area contributed by atoms with E-state index >= 15 is 4.39 Å². The smallest absolute Gasteiger partial charge is 0.173 e. The van der Waals surface area contributed by atoms with Crippen LogP contribution in [0.5, 0.6) is 0 Å². The lowest BCUT2D eigenvalue weighted by Gasteiger charge is -2.38. The Labute approximate surface area is 203 Å². The molecule has 3 unspecified atom stereocenters. The Kier molecular flexibility index (Phi) is 6.33. The molecule has 3 aromatic rings. The van der Waals surface area contributed by atoms with E-state index in [1.807, 2.05) is 6.07 Å². The van der Waals surface area contributed by atoms with Crippen molar-refractivity contribution in [3.63, 3.8) is 0 Å². The highest BCUT2D eigenvalue weighted by Crippen LogP contribution is 2.30. The minimum Gasteiger partial charge on any atom is -0.383 e. The van der Waals surface area contributed by atoms with Gasteiger partial charge < -0.3 is 30.4 Å². The minimum atomic E-state index is -0.522. The number of fused-ring (bicyclic) bond motifs is 1. The van der Waals surface area contributed by atoms with E-state index in [0.717, 1.165) is 25.2 Å². The van der Waals surface area contributed by atoms with Crippen molar-refractivity contribution in [2.24, 2.45) is 10.7 Å². The second-order valence-corrected chi connectivity index (χ2v) is 9.59. The number of hydrogen-bond donors (Lipinski definition) is 3. The molecule has 186 valence electrons. The van der Waals surface area contributed by atoms with Crippen LogP contribution in [-0.4, -0.2) is 59.6 Å². The van der Waals surface area contributed by atoms with Crippen LogP contribution in [0.3, 0.4) is 0 Å². The summed E-state index contributed by atoms with van der Waals surface area (Å²) in [6.07, 6.45) is 4.14. The Balaban J connectivity index is 1.54. The van der Waals surface area contributed by atoms with Crippen molar-refractivity contribution in [2.75, 3.05) is 36.5 Å². The predicted molar refractivity (Wildman–Crippen MR) is 134 cm³/mol. The van der Waals surface area contributed by atoms with Crippen molar-refractivity contribution in [3.8, 4) is 0 Å². The number of ether oxygens (including phenoxy) is 1. The number of nitrogens with one attached hydrogen (secondary N) is 2. The van der Waals surface area contributed by atoms with Crippen LogP contribution < -0.4 is 21.3 Å². The summed E-state index contributed by atoms with van der Waals surface area (Å²) in [7, 11) is 0. The number of aryl methyl sites for hydroxylation is 1. The fraction of sp³-hybridized carbons (Fsp3) is 0.440. The summed E-state index contributed by atoms with van der Waals surface area (Å²) >= 11 is 0. The molecular formula is C25H31F2N7O. The lowest BCUT2D eigenvalue weighted by Crippen LogP contribution is -2.54. The Morgan fingerprint density at radius 3 is 2.66 bits per heavy atom. The van der Waals surface area contributed by atoms with Gasteiger partial charge in [0.2, 0.25) is 0 Å². The number of halogens is 2. The maximum atomic E-state index is 15.7. The summed E-state index contributed by atoms with van der Waals surface area (Å²) in [5, 5.41) is 6.90. The molecule has 10 heteroatoms. The largest absolute Gasteiger partial charge is 0.383 e. The van der Waals surface area contributed by atoms with Gasteiger partial charge in [-0.05, 0) is 39.3 Å². The quantitative estimate of drug-likeness (QED) is 0.381. The maximum absolute atomic E-state index is 15.7. The first kappa shape index (κ1) is 23.5. The number of hydrogen-bond acceptors (Lipinski definition) is 6. The van der Waals surface area contributed by atoms with E-state index in [2.05, 4.69) is 39.4 Å². The molecule has 0 spiro atoms. The van der Waals surface area contributed by atoms with Gasteiger partial charge in [0.15, 0.2) is 11.5 Å². The van der Waals surface area contributed by atoms with Crippen LogP contribution in [0.1, 0.15) is 31.5 Å². The SMILES string of the molecule is Cc1cn2cc(N=C(N)c3c(F)cc(N4CC(C)NC(C)C4)cc3NC3CCOC3)cc(F)c2n1. The number of imidazole rings is 1. The number of nitrogens with zero attached hydrogens (tertiary/aromatic N) is 4. The van der Waals surface area contributed by atoms with Crippen LogP contribution in [0.2, 0.25) is 0 Å². The van der Waals surface area contributed by atoms with Gasteiger partial charge in [-0.2, -0.15) is 0 Å². The summed E-state index contributed by atoms with van der Waals surface area (Å²) in [5.41, 5.74) is 9.00. The molecule has 2 fully saturated rings. The van der Waals surface area contributed by atoms with E-state index in [0.29, 0.717) is 24.6 Å². The molecular weight excluding hydrogens is 452 g/mol. The topological polar surface area (TPSA) is 92.2 Å². The van der Waals surface area contributed by atoms with Gasteiger partial charge in [-0.25, -0.2) is 18.8 Å². The van der Waals surface area contributed by atoms with E-state index in [1.165, 1.54) is 12.1 Å². The molecule has 2 aliphatic rings. The lowest BCUT2D eigenvalue weighted by atomic mass is 10.1. The van der Waals surface area contributed by atoms with Crippen LogP contribution in [0.15, 0.2) is 35.6 Å². The molecule has 2 aliphatic heterocycles. The van der Waals surface area contributed by atoms with Crippen molar-refractivity contribution in [3.05, 3.63) is 53.5 Å². The van der Waals surface area contributed by atoms with E-state index in [1.54, 1.807) is 23.7 Å². The van der Waals surface area contributed by atoms with Crippen LogP contribution in [-0.2, 0) is 4.74 Å². The lowest BCUT2D eigenvalue weighted by molar-refractivity contribution is 0.195. The van der Waals surface area contributed by atoms with Crippen molar-refractivity contribution in [1.29, 1.82) is 0 Å². The molecule has 4 heterocycles. The number of piperazine rings is 1. The number of benzene rings is 1. The summed E-state index contributed by atoms with van der Waals surface area (Å²) in [6.45, 7) is 8.73. The second kappa shape index (κ2) is 9.43. The average Bonchev–Trinajstić information content (AvgIpc) is 3.41. The number of pyridine rings is 1. The molecule has 0 saturated carbocycles. The molecule has 0 radical (unpaired) electrons. The third-order valence-electron chi connectivity index (χ3n) is 6.40. The minimum absolute atomic E-state index is 0.0342. The van der Waals surface area contributed by atoms with Gasteiger partial charge in [0.1, 0.15) is 11.7 Å². The zero-order valence-corrected chi connectivity index (χ0v) is 20.2. The average molecular weight is 484 g/mol. The first-order chi connectivity index (χ1) is 16.8. The van der Waals surface area contributed by atoms with Crippen LogP contribution in [0, 0.1) is 18.6 Å². The Morgan fingerprint density at radius 1 is 1.17 bits per heavy atom. The number of aliphatic imine (C=N–C) groups is 1. The fourth-order valence-electron chi connectivity index (χ4n) is 4.98. The third-order valence-corrected chi connectivity index (χ3v) is 6.40. The molecule has 0 bridgehead atoms. The number of rotatable bonds is 5. The van der Waals surface area contributed by atoms with E-state index in [-0.39, 0.29) is 40.9 Å². The Morgan fingerprint density at radius 2 is 1.94 bits per heavy atom. The van der Waals surface area contributed by atoms with Gasteiger partial charge in [-0.1, -0.05) is 0 Å². The second-order valence-electron chi connectivity index (χ2n) is 9.59. The molecule has 4 N–H and O–H groups in total. The van der Waals surface area contributed by atoms with E-state index in [9.17, 15) is 4.39 Å². The number of aromatic nitrogens is 2. The van der Waals surface area contributed by atoms with Crippen molar-refractivity contribution >= 4 is 28.5 Å². The molecule has 5 rings (SSSR count).